The minimum Gasteiger partial charge on any atom is -0.508 e. The van der Waals surface area contributed by atoms with Gasteiger partial charge in [-0.05, 0) is 60.4 Å². The van der Waals surface area contributed by atoms with Crippen LogP contribution in [0.5, 0.6) is 11.5 Å². The van der Waals surface area contributed by atoms with Crippen molar-refractivity contribution in [2.24, 2.45) is 0 Å². The van der Waals surface area contributed by atoms with Gasteiger partial charge in [-0.3, -0.25) is 0 Å². The Morgan fingerprint density at radius 3 is 2.47 bits per heavy atom. The summed E-state index contributed by atoms with van der Waals surface area (Å²) in [6.07, 6.45) is 0. The number of hydrogen-bond donors (Lipinski definition) is 1. The average molecular weight is 228 g/mol. The molecule has 2 nitrogen and oxygen atoms in total. The lowest BCUT2D eigenvalue weighted by atomic mass is 9.98. The van der Waals surface area contributed by atoms with Crippen LogP contribution in [0.15, 0.2) is 36.4 Å². The van der Waals surface area contributed by atoms with E-state index >= 15 is 0 Å². The first kappa shape index (κ1) is 11.5. The molecule has 88 valence electrons. The number of aromatic hydroxyl groups is 1. The molecule has 0 aromatic heterocycles. The molecule has 1 N–H and O–H groups in total. The van der Waals surface area contributed by atoms with Crippen molar-refractivity contribution in [2.45, 2.75) is 13.8 Å². The first-order chi connectivity index (χ1) is 8.11. The number of phenolic OH excluding ortho intramolecular Hbond substituents is 1. The molecule has 17 heavy (non-hydrogen) atoms. The monoisotopic (exact) mass is 228 g/mol. The summed E-state index contributed by atoms with van der Waals surface area (Å²) in [6.45, 7) is 3.90. The Balaban J connectivity index is 2.56. The molecule has 0 saturated heterocycles. The Bertz CT molecular complexity index is 545. The molecule has 0 aliphatic heterocycles. The highest BCUT2D eigenvalue weighted by atomic mass is 16.5. The summed E-state index contributed by atoms with van der Waals surface area (Å²) in [5.74, 6) is 1.18. The van der Waals surface area contributed by atoms with Gasteiger partial charge in [-0.2, -0.15) is 0 Å². The van der Waals surface area contributed by atoms with Crippen LogP contribution in [-0.2, 0) is 0 Å². The van der Waals surface area contributed by atoms with E-state index in [1.807, 2.05) is 44.2 Å². The fraction of sp³-hybridized carbons (Fsp3) is 0.200. The van der Waals surface area contributed by atoms with E-state index in [0.29, 0.717) is 5.75 Å². The molecular formula is C15H16O2. The SMILES string of the molecule is COc1cccc(-c2cc(C)c(O)cc2C)c1. The fourth-order valence-electron chi connectivity index (χ4n) is 1.90. The Morgan fingerprint density at radius 2 is 1.76 bits per heavy atom. The highest BCUT2D eigenvalue weighted by Gasteiger charge is 2.06. The maximum atomic E-state index is 9.65. The third-order valence-corrected chi connectivity index (χ3v) is 2.92. The second kappa shape index (κ2) is 4.50. The zero-order chi connectivity index (χ0) is 12.4. The molecule has 0 aliphatic rings. The molecule has 0 spiro atoms. The van der Waals surface area contributed by atoms with Crippen molar-refractivity contribution >= 4 is 0 Å². The van der Waals surface area contributed by atoms with Gasteiger partial charge in [0, 0.05) is 0 Å². The van der Waals surface area contributed by atoms with E-state index in [-0.39, 0.29) is 0 Å². The van der Waals surface area contributed by atoms with E-state index in [2.05, 4.69) is 0 Å². The maximum absolute atomic E-state index is 9.65. The summed E-state index contributed by atoms with van der Waals surface area (Å²) in [5.41, 5.74) is 4.17. The van der Waals surface area contributed by atoms with Crippen molar-refractivity contribution < 1.29 is 9.84 Å². The van der Waals surface area contributed by atoms with Gasteiger partial charge in [0.2, 0.25) is 0 Å². The van der Waals surface area contributed by atoms with Crippen molar-refractivity contribution in [3.8, 4) is 22.6 Å². The standard InChI is InChI=1S/C15H16O2/c1-10-8-15(16)11(2)7-14(10)12-5-4-6-13(9-12)17-3/h4-9,16H,1-3H3. The number of methoxy groups -OCH3 is 1. The lowest BCUT2D eigenvalue weighted by Gasteiger charge is -2.10. The summed E-state index contributed by atoms with van der Waals surface area (Å²) < 4.78 is 5.22. The highest BCUT2D eigenvalue weighted by molar-refractivity contribution is 5.70. The van der Waals surface area contributed by atoms with Gasteiger partial charge >= 0.3 is 0 Å². The third kappa shape index (κ3) is 2.26. The maximum Gasteiger partial charge on any atom is 0.119 e. The van der Waals surface area contributed by atoms with Gasteiger partial charge in [0.15, 0.2) is 0 Å². The predicted octanol–water partition coefficient (Wildman–Crippen LogP) is 3.68. The minimum atomic E-state index is 0.342. The summed E-state index contributed by atoms with van der Waals surface area (Å²) in [4.78, 5) is 0. The first-order valence-electron chi connectivity index (χ1n) is 5.56. The third-order valence-electron chi connectivity index (χ3n) is 2.92. The normalized spacial score (nSPS) is 10.3. The molecule has 0 aliphatic carbocycles. The fourth-order valence-corrected chi connectivity index (χ4v) is 1.90. The smallest absolute Gasteiger partial charge is 0.119 e. The summed E-state index contributed by atoms with van der Waals surface area (Å²) in [6, 6.07) is 11.7. The van der Waals surface area contributed by atoms with Gasteiger partial charge < -0.3 is 9.84 Å². The highest BCUT2D eigenvalue weighted by Crippen LogP contribution is 2.31. The second-order valence-corrected chi connectivity index (χ2v) is 4.19. The van der Waals surface area contributed by atoms with Crippen molar-refractivity contribution in [1.82, 2.24) is 0 Å². The number of rotatable bonds is 2. The zero-order valence-electron chi connectivity index (χ0n) is 10.3. The molecule has 2 aromatic carbocycles. The van der Waals surface area contributed by atoms with Crippen LogP contribution in [0.3, 0.4) is 0 Å². The predicted molar refractivity (Wildman–Crippen MR) is 69.6 cm³/mol. The van der Waals surface area contributed by atoms with Crippen molar-refractivity contribution in [2.75, 3.05) is 7.11 Å². The van der Waals surface area contributed by atoms with Gasteiger partial charge in [0.25, 0.3) is 0 Å². The van der Waals surface area contributed by atoms with Crippen molar-refractivity contribution in [3.63, 3.8) is 0 Å². The number of hydrogen-bond acceptors (Lipinski definition) is 2. The second-order valence-electron chi connectivity index (χ2n) is 4.19. The minimum absolute atomic E-state index is 0.342. The molecule has 2 aromatic rings. The molecule has 0 radical (unpaired) electrons. The van der Waals surface area contributed by atoms with Crippen molar-refractivity contribution in [3.05, 3.63) is 47.5 Å². The Kier molecular flexibility index (Phi) is 3.05. The van der Waals surface area contributed by atoms with E-state index in [4.69, 9.17) is 4.74 Å². The Morgan fingerprint density at radius 1 is 1.00 bits per heavy atom. The van der Waals surface area contributed by atoms with E-state index in [1.54, 1.807) is 13.2 Å². The molecule has 0 fully saturated rings. The van der Waals surface area contributed by atoms with Crippen LogP contribution >= 0.6 is 0 Å². The quantitative estimate of drug-likeness (QED) is 0.849. The Hall–Kier alpha value is -1.96. The van der Waals surface area contributed by atoms with Crippen LogP contribution in [0.1, 0.15) is 11.1 Å². The number of aryl methyl sites for hydroxylation is 2. The van der Waals surface area contributed by atoms with E-state index in [9.17, 15) is 5.11 Å². The largest absolute Gasteiger partial charge is 0.508 e. The van der Waals surface area contributed by atoms with E-state index in [1.165, 1.54) is 0 Å². The topological polar surface area (TPSA) is 29.5 Å². The van der Waals surface area contributed by atoms with Gasteiger partial charge in [0.05, 0.1) is 7.11 Å². The number of phenols is 1. The summed E-state index contributed by atoms with van der Waals surface area (Å²) in [7, 11) is 1.66. The van der Waals surface area contributed by atoms with E-state index < -0.39 is 0 Å². The van der Waals surface area contributed by atoms with E-state index in [0.717, 1.165) is 28.0 Å². The summed E-state index contributed by atoms with van der Waals surface area (Å²) in [5, 5.41) is 9.65. The molecule has 2 heteroatoms. The summed E-state index contributed by atoms with van der Waals surface area (Å²) >= 11 is 0. The van der Waals surface area contributed by atoms with Crippen LogP contribution in [-0.4, -0.2) is 12.2 Å². The first-order valence-corrected chi connectivity index (χ1v) is 5.56. The molecule has 0 amide bonds. The lowest BCUT2D eigenvalue weighted by Crippen LogP contribution is -1.88. The number of ether oxygens (including phenoxy) is 1. The van der Waals surface area contributed by atoms with Crippen LogP contribution in [0.4, 0.5) is 0 Å². The van der Waals surface area contributed by atoms with Gasteiger partial charge in [-0.15, -0.1) is 0 Å². The number of benzene rings is 2. The Labute approximate surface area is 101 Å². The zero-order valence-corrected chi connectivity index (χ0v) is 10.3. The lowest BCUT2D eigenvalue weighted by molar-refractivity contribution is 0.415. The van der Waals surface area contributed by atoms with Crippen LogP contribution in [0.25, 0.3) is 11.1 Å². The van der Waals surface area contributed by atoms with Crippen LogP contribution < -0.4 is 4.74 Å². The molecule has 2 rings (SSSR count). The molecule has 0 heterocycles. The molecule has 0 bridgehead atoms. The molecule has 0 saturated carbocycles. The van der Waals surface area contributed by atoms with Crippen LogP contribution in [0.2, 0.25) is 0 Å². The van der Waals surface area contributed by atoms with Gasteiger partial charge in [-0.25, -0.2) is 0 Å². The molecule has 0 unspecified atom stereocenters. The van der Waals surface area contributed by atoms with Gasteiger partial charge in [-0.1, -0.05) is 12.1 Å². The van der Waals surface area contributed by atoms with Crippen LogP contribution in [0, 0.1) is 13.8 Å². The molecule has 0 atom stereocenters. The van der Waals surface area contributed by atoms with Gasteiger partial charge in [0.1, 0.15) is 11.5 Å². The van der Waals surface area contributed by atoms with Crippen molar-refractivity contribution in [1.29, 1.82) is 0 Å². The average Bonchev–Trinajstić information content (AvgIpc) is 2.34. The molecular weight excluding hydrogens is 212 g/mol.